The van der Waals surface area contributed by atoms with Crippen LogP contribution >= 0.6 is 11.8 Å². The number of rotatable bonds is 7. The molecule has 1 saturated carbocycles. The van der Waals surface area contributed by atoms with E-state index in [-0.39, 0.29) is 23.2 Å². The number of aromatic nitrogens is 7. The quantitative estimate of drug-likeness (QED) is 0.394. The number of pyridine rings is 1. The molecule has 0 bridgehead atoms. The van der Waals surface area contributed by atoms with Gasteiger partial charge in [0.1, 0.15) is 12.7 Å². The highest BCUT2D eigenvalue weighted by Gasteiger charge is 2.32. The largest absolute Gasteiger partial charge is 0.416 e. The van der Waals surface area contributed by atoms with Gasteiger partial charge in [0.2, 0.25) is 5.91 Å². The summed E-state index contributed by atoms with van der Waals surface area (Å²) < 4.78 is 43.0. The Balaban J connectivity index is 1.35. The summed E-state index contributed by atoms with van der Waals surface area (Å²) in [5.41, 5.74) is 0.235. The van der Waals surface area contributed by atoms with Gasteiger partial charge in [-0.25, -0.2) is 9.67 Å². The molecule has 0 aliphatic heterocycles. The molecule has 0 atom stereocenters. The minimum Gasteiger partial charge on any atom is -0.323 e. The molecule has 0 saturated heterocycles. The molecule has 9 nitrogen and oxygen atoms in total. The highest BCUT2D eigenvalue weighted by atomic mass is 32.2. The van der Waals surface area contributed by atoms with E-state index in [9.17, 15) is 18.0 Å². The van der Waals surface area contributed by atoms with Gasteiger partial charge in [0.25, 0.3) is 0 Å². The lowest BCUT2D eigenvalue weighted by molar-refractivity contribution is -0.137. The zero-order valence-corrected chi connectivity index (χ0v) is 18.3. The molecule has 1 aromatic carbocycles. The van der Waals surface area contributed by atoms with Crippen LogP contribution in [-0.4, -0.2) is 46.2 Å². The average Bonchev–Trinajstić information content (AvgIpc) is 3.33. The first-order chi connectivity index (χ1) is 16.4. The highest BCUT2D eigenvalue weighted by Crippen LogP contribution is 2.41. The van der Waals surface area contributed by atoms with Crippen LogP contribution in [0, 0.1) is 0 Å². The maximum Gasteiger partial charge on any atom is 0.416 e. The van der Waals surface area contributed by atoms with Gasteiger partial charge in [-0.15, -0.1) is 10.2 Å². The van der Waals surface area contributed by atoms with Gasteiger partial charge >= 0.3 is 6.18 Å². The smallest absolute Gasteiger partial charge is 0.323 e. The first-order valence-corrected chi connectivity index (χ1v) is 11.2. The first kappa shape index (κ1) is 22.1. The van der Waals surface area contributed by atoms with Crippen molar-refractivity contribution in [3.05, 3.63) is 60.9 Å². The Hall–Kier alpha value is -3.74. The van der Waals surface area contributed by atoms with Crippen molar-refractivity contribution in [3.8, 4) is 17.1 Å². The second-order valence-corrected chi connectivity index (χ2v) is 8.49. The number of alkyl halides is 3. The van der Waals surface area contributed by atoms with E-state index in [0.29, 0.717) is 11.0 Å². The van der Waals surface area contributed by atoms with Crippen LogP contribution in [0.25, 0.3) is 17.1 Å². The molecule has 1 N–H and O–H groups in total. The van der Waals surface area contributed by atoms with Crippen molar-refractivity contribution >= 4 is 23.4 Å². The second-order valence-electron chi connectivity index (χ2n) is 7.55. The Morgan fingerprint density at radius 1 is 1.12 bits per heavy atom. The third-order valence-corrected chi connectivity index (χ3v) is 6.05. The lowest BCUT2D eigenvalue weighted by atomic mass is 10.1. The van der Waals surface area contributed by atoms with Crippen LogP contribution in [0.2, 0.25) is 0 Å². The molecule has 1 fully saturated rings. The number of halogens is 3. The fourth-order valence-corrected chi connectivity index (χ4v) is 4.20. The third kappa shape index (κ3) is 4.64. The van der Waals surface area contributed by atoms with Crippen LogP contribution in [0.15, 0.2) is 60.5 Å². The number of carbonyl (C=O) groups is 1. The monoisotopic (exact) mass is 486 g/mol. The minimum atomic E-state index is -4.56. The van der Waals surface area contributed by atoms with E-state index in [4.69, 9.17) is 0 Å². The summed E-state index contributed by atoms with van der Waals surface area (Å²) in [6.07, 6.45) is 3.35. The standard InChI is InChI=1S/C21H17F3N8OS/c22-21(23,24)14-1-4-17(31-12-26-11-27-31)16(9-14)28-18(33)10-34-20-30-29-19(32(20)15-2-3-15)13-5-7-25-8-6-13/h1,4-9,11-12,15H,2-3,10H2,(H,28,33). The van der Waals surface area contributed by atoms with E-state index in [2.05, 4.69) is 30.6 Å². The number of thioether (sulfide) groups is 1. The van der Waals surface area contributed by atoms with Crippen molar-refractivity contribution in [3.63, 3.8) is 0 Å². The van der Waals surface area contributed by atoms with Crippen molar-refractivity contribution in [2.75, 3.05) is 11.1 Å². The fraction of sp³-hybridized carbons (Fsp3) is 0.238. The van der Waals surface area contributed by atoms with Crippen molar-refractivity contribution in [1.82, 2.24) is 34.5 Å². The Morgan fingerprint density at radius 2 is 1.91 bits per heavy atom. The van der Waals surface area contributed by atoms with Crippen LogP contribution in [0.4, 0.5) is 18.9 Å². The second kappa shape index (κ2) is 8.89. The van der Waals surface area contributed by atoms with Crippen molar-refractivity contribution in [2.45, 2.75) is 30.2 Å². The maximum atomic E-state index is 13.2. The van der Waals surface area contributed by atoms with Crippen molar-refractivity contribution in [1.29, 1.82) is 0 Å². The molecule has 4 aromatic rings. The third-order valence-electron chi connectivity index (χ3n) is 5.11. The lowest BCUT2D eigenvalue weighted by Gasteiger charge is -2.14. The van der Waals surface area contributed by atoms with E-state index >= 15 is 0 Å². The van der Waals surface area contributed by atoms with Gasteiger partial charge in [-0.3, -0.25) is 14.3 Å². The number of amides is 1. The molecule has 174 valence electrons. The van der Waals surface area contributed by atoms with Gasteiger partial charge in [0.05, 0.1) is 22.7 Å². The summed E-state index contributed by atoms with van der Waals surface area (Å²) in [7, 11) is 0. The van der Waals surface area contributed by atoms with Crippen LogP contribution in [-0.2, 0) is 11.0 Å². The fourth-order valence-electron chi connectivity index (χ4n) is 3.40. The Morgan fingerprint density at radius 3 is 2.59 bits per heavy atom. The molecule has 0 radical (unpaired) electrons. The van der Waals surface area contributed by atoms with E-state index in [0.717, 1.165) is 30.5 Å². The normalized spacial score (nSPS) is 13.7. The molecular formula is C21H17F3N8OS. The summed E-state index contributed by atoms with van der Waals surface area (Å²) in [4.78, 5) is 20.6. The minimum absolute atomic E-state index is 0.0212. The highest BCUT2D eigenvalue weighted by molar-refractivity contribution is 7.99. The van der Waals surface area contributed by atoms with Crippen LogP contribution in [0.1, 0.15) is 24.4 Å². The molecule has 1 amide bonds. The van der Waals surface area contributed by atoms with Gasteiger partial charge in [-0.2, -0.15) is 18.3 Å². The van der Waals surface area contributed by atoms with Crippen molar-refractivity contribution < 1.29 is 18.0 Å². The molecular weight excluding hydrogens is 469 g/mol. The summed E-state index contributed by atoms with van der Waals surface area (Å²) in [6, 6.07) is 6.98. The SMILES string of the molecule is O=C(CSc1nnc(-c2ccncc2)n1C1CC1)Nc1cc(C(F)(F)F)ccc1-n1cncn1. The molecule has 0 unspecified atom stereocenters. The van der Waals surface area contributed by atoms with Crippen LogP contribution in [0.5, 0.6) is 0 Å². The van der Waals surface area contributed by atoms with Gasteiger partial charge < -0.3 is 5.32 Å². The molecule has 0 spiro atoms. The summed E-state index contributed by atoms with van der Waals surface area (Å²) in [5, 5.41) is 15.6. The Bertz CT molecular complexity index is 1300. The molecule has 13 heteroatoms. The van der Waals surface area contributed by atoms with Crippen molar-refractivity contribution in [2.24, 2.45) is 0 Å². The number of benzene rings is 1. The molecule has 34 heavy (non-hydrogen) atoms. The number of anilines is 1. The maximum absolute atomic E-state index is 13.2. The lowest BCUT2D eigenvalue weighted by Crippen LogP contribution is -2.17. The zero-order chi connectivity index (χ0) is 23.7. The van der Waals surface area contributed by atoms with E-state index in [1.54, 1.807) is 12.4 Å². The number of hydrogen-bond acceptors (Lipinski definition) is 7. The predicted octanol–water partition coefficient (Wildman–Crippen LogP) is 4.01. The average molecular weight is 486 g/mol. The number of nitrogens with zero attached hydrogens (tertiary/aromatic N) is 7. The number of nitrogens with one attached hydrogen (secondary N) is 1. The Kier molecular flexibility index (Phi) is 5.77. The molecule has 3 heterocycles. The zero-order valence-electron chi connectivity index (χ0n) is 17.5. The topological polar surface area (TPSA) is 103 Å². The Labute approximate surface area is 195 Å². The van der Waals surface area contributed by atoms with Gasteiger partial charge in [-0.1, -0.05) is 11.8 Å². The van der Waals surface area contributed by atoms with Crippen LogP contribution < -0.4 is 5.32 Å². The predicted molar refractivity (Wildman–Crippen MR) is 117 cm³/mol. The van der Waals surface area contributed by atoms with Gasteiger partial charge in [0, 0.05) is 24.0 Å². The summed E-state index contributed by atoms with van der Waals surface area (Å²) >= 11 is 1.18. The number of hydrogen-bond donors (Lipinski definition) is 1. The van der Waals surface area contributed by atoms with Gasteiger partial charge in [-0.05, 0) is 43.2 Å². The van der Waals surface area contributed by atoms with E-state index < -0.39 is 17.6 Å². The summed E-state index contributed by atoms with van der Waals surface area (Å²) in [6.45, 7) is 0. The molecule has 3 aromatic heterocycles. The van der Waals surface area contributed by atoms with E-state index in [1.807, 2.05) is 16.7 Å². The van der Waals surface area contributed by atoms with Gasteiger partial charge in [0.15, 0.2) is 11.0 Å². The first-order valence-electron chi connectivity index (χ1n) is 10.2. The number of carbonyl (C=O) groups excluding carboxylic acids is 1. The molecule has 1 aliphatic rings. The molecule has 5 rings (SSSR count). The summed E-state index contributed by atoms with van der Waals surface area (Å²) in [5.74, 6) is 0.148. The van der Waals surface area contributed by atoms with Crippen LogP contribution in [0.3, 0.4) is 0 Å². The molecule has 1 aliphatic carbocycles. The van der Waals surface area contributed by atoms with E-state index in [1.165, 1.54) is 35.2 Å².